The van der Waals surface area contributed by atoms with Crippen molar-refractivity contribution >= 4 is 25.9 Å². The van der Waals surface area contributed by atoms with E-state index in [0.717, 1.165) is 0 Å². The van der Waals surface area contributed by atoms with Gasteiger partial charge >= 0.3 is 0 Å². The molecule has 0 fully saturated rings. The molecule has 0 aliphatic rings. The van der Waals surface area contributed by atoms with Gasteiger partial charge < -0.3 is 0 Å². The minimum atomic E-state index is -0.207. The molecule has 0 amide bonds. The van der Waals surface area contributed by atoms with Crippen LogP contribution in [0.5, 0.6) is 0 Å². The molecule has 0 saturated heterocycles. The summed E-state index contributed by atoms with van der Waals surface area (Å²) in [5.74, 6) is 0. The summed E-state index contributed by atoms with van der Waals surface area (Å²) in [5, 5.41) is 0. The second kappa shape index (κ2) is 22.9. The van der Waals surface area contributed by atoms with E-state index in [4.69, 9.17) is 0 Å². The van der Waals surface area contributed by atoms with Gasteiger partial charge in [-0.05, 0) is 0 Å². The predicted octanol–water partition coefficient (Wildman–Crippen LogP) is 8.80. The summed E-state index contributed by atoms with van der Waals surface area (Å²) in [7, 11) is 4.02. The van der Waals surface area contributed by atoms with Crippen molar-refractivity contribution in [2.24, 2.45) is 0 Å². The van der Waals surface area contributed by atoms with Crippen molar-refractivity contribution in [2.75, 3.05) is 0 Å². The predicted molar refractivity (Wildman–Crippen MR) is 132 cm³/mol. The molecule has 0 bridgehead atoms. The molecule has 0 saturated carbocycles. The normalized spacial score (nSPS) is 11.8. The average Bonchev–Trinajstić information content (AvgIpc) is 2.68. The minimum absolute atomic E-state index is 0.0890. The van der Waals surface area contributed by atoms with E-state index in [9.17, 15) is 0 Å². The van der Waals surface area contributed by atoms with E-state index in [1.807, 2.05) is 0 Å². The van der Waals surface area contributed by atoms with Crippen LogP contribution in [0.4, 0.5) is 0 Å². The molecule has 0 nitrogen and oxygen atoms in total. The van der Waals surface area contributed by atoms with Gasteiger partial charge in [-0.3, -0.25) is 0 Å². The monoisotopic (exact) mass is 423 g/mol. The number of hydrogen-bond donors (Lipinski definition) is 0. The maximum Gasteiger partial charge on any atom is 0.0339 e. The van der Waals surface area contributed by atoms with Crippen LogP contribution in [0.3, 0.4) is 0 Å². The topological polar surface area (TPSA) is 0 Å². The molecule has 5 radical (unpaired) electrons. The molecule has 0 spiro atoms. The Balaban J connectivity index is 4.00. The van der Waals surface area contributed by atoms with Gasteiger partial charge in [-0.25, -0.2) is 0 Å². The standard InChI is InChI=1S/C24H51Si3/c1-4-7-10-13-16-19-22-26(23-20-17-14-11-8-5-2)27(25)24-21-18-15-12-9-6-3/h4-24H2,1-3H3. The van der Waals surface area contributed by atoms with Crippen LogP contribution in [0.2, 0.25) is 18.1 Å². The van der Waals surface area contributed by atoms with E-state index in [1.54, 1.807) is 18.1 Å². The smallest absolute Gasteiger partial charge is 0.0339 e. The molecule has 0 heterocycles. The van der Waals surface area contributed by atoms with Crippen molar-refractivity contribution < 1.29 is 0 Å². The Morgan fingerprint density at radius 3 is 1.07 bits per heavy atom. The molecule has 0 aromatic heterocycles. The fraction of sp³-hybridized carbons (Fsp3) is 1.00. The van der Waals surface area contributed by atoms with E-state index >= 15 is 0 Å². The fourth-order valence-corrected chi connectivity index (χ4v) is 14.3. The summed E-state index contributed by atoms with van der Waals surface area (Å²) in [6, 6.07) is 4.77. The highest BCUT2D eigenvalue weighted by molar-refractivity contribution is 7.41. The van der Waals surface area contributed by atoms with E-state index in [0.29, 0.717) is 0 Å². The summed E-state index contributed by atoms with van der Waals surface area (Å²) < 4.78 is 0. The third kappa shape index (κ3) is 19.7. The van der Waals surface area contributed by atoms with Gasteiger partial charge in [0.15, 0.2) is 0 Å². The van der Waals surface area contributed by atoms with E-state index in [-0.39, 0.29) is 16.1 Å². The highest BCUT2D eigenvalue weighted by Crippen LogP contribution is 2.19. The Morgan fingerprint density at radius 1 is 0.407 bits per heavy atom. The molecule has 0 rings (SSSR count). The quantitative estimate of drug-likeness (QED) is 0.120. The Morgan fingerprint density at radius 2 is 0.704 bits per heavy atom. The van der Waals surface area contributed by atoms with Crippen LogP contribution in [0.25, 0.3) is 0 Å². The van der Waals surface area contributed by atoms with Crippen LogP contribution in [0, 0.1) is 0 Å². The maximum atomic E-state index is 4.32. The Bertz CT molecular complexity index is 254. The first-order chi connectivity index (χ1) is 13.3. The Hall–Kier alpha value is 0.651. The van der Waals surface area contributed by atoms with Crippen LogP contribution in [-0.2, 0) is 0 Å². The second-order valence-corrected chi connectivity index (χ2v) is 19.5. The largest absolute Gasteiger partial charge is 0.0654 e. The van der Waals surface area contributed by atoms with Crippen molar-refractivity contribution in [2.45, 2.75) is 154 Å². The van der Waals surface area contributed by atoms with Gasteiger partial charge in [-0.1, -0.05) is 154 Å². The summed E-state index contributed by atoms with van der Waals surface area (Å²) in [5.41, 5.74) is 0. The lowest BCUT2D eigenvalue weighted by atomic mass is 10.1. The molecule has 0 aliphatic carbocycles. The van der Waals surface area contributed by atoms with Crippen LogP contribution >= 0.6 is 0 Å². The van der Waals surface area contributed by atoms with E-state index < -0.39 is 0 Å². The number of hydrogen-bond acceptors (Lipinski definition) is 0. The van der Waals surface area contributed by atoms with Gasteiger partial charge in [0.05, 0.1) is 0 Å². The summed E-state index contributed by atoms with van der Waals surface area (Å²) in [6.07, 6.45) is 26.4. The summed E-state index contributed by atoms with van der Waals surface area (Å²) in [6.45, 7) is 6.96. The molecule has 3 heteroatoms. The molecule has 0 atom stereocenters. The van der Waals surface area contributed by atoms with Crippen molar-refractivity contribution in [3.8, 4) is 0 Å². The second-order valence-electron chi connectivity index (χ2n) is 8.64. The van der Waals surface area contributed by atoms with Crippen molar-refractivity contribution in [3.05, 3.63) is 0 Å². The Kier molecular flexibility index (Phi) is 23.5. The average molecular weight is 424 g/mol. The molecular formula is C24H51Si3. The van der Waals surface area contributed by atoms with E-state index in [2.05, 4.69) is 30.5 Å². The lowest BCUT2D eigenvalue weighted by Gasteiger charge is -2.21. The zero-order valence-corrected chi connectivity index (χ0v) is 22.3. The highest BCUT2D eigenvalue weighted by atomic mass is 29.6. The van der Waals surface area contributed by atoms with Crippen molar-refractivity contribution in [3.63, 3.8) is 0 Å². The van der Waals surface area contributed by atoms with Crippen LogP contribution in [0.1, 0.15) is 136 Å². The van der Waals surface area contributed by atoms with Gasteiger partial charge in [0.2, 0.25) is 0 Å². The molecular weight excluding hydrogens is 373 g/mol. The molecule has 0 N–H and O–H groups in total. The van der Waals surface area contributed by atoms with E-state index in [1.165, 1.54) is 116 Å². The van der Waals surface area contributed by atoms with Gasteiger partial charge in [-0.15, -0.1) is 0 Å². The minimum Gasteiger partial charge on any atom is -0.0654 e. The molecule has 0 aromatic rings. The summed E-state index contributed by atoms with van der Waals surface area (Å²) >= 11 is 0. The third-order valence-corrected chi connectivity index (χ3v) is 18.2. The highest BCUT2D eigenvalue weighted by Gasteiger charge is 2.19. The molecule has 0 aliphatic heterocycles. The van der Waals surface area contributed by atoms with Crippen LogP contribution in [-0.4, -0.2) is 25.9 Å². The number of rotatable bonds is 22. The Labute approximate surface area is 180 Å². The third-order valence-electron chi connectivity index (χ3n) is 5.87. The first-order valence-electron chi connectivity index (χ1n) is 12.7. The SMILES string of the molecule is CCCCCCCC[Si]([Si])[Si](CCCCCCCC)CCCCCCCC. The number of unbranched alkanes of at least 4 members (excludes halogenated alkanes) is 15. The molecule has 0 unspecified atom stereocenters. The first kappa shape index (κ1) is 27.7. The fourth-order valence-electron chi connectivity index (χ4n) is 3.92. The first-order valence-corrected chi connectivity index (χ1v) is 18.8. The maximum absolute atomic E-state index is 4.32. The van der Waals surface area contributed by atoms with Gasteiger partial charge in [0.1, 0.15) is 0 Å². The molecule has 27 heavy (non-hydrogen) atoms. The van der Waals surface area contributed by atoms with Crippen molar-refractivity contribution in [1.82, 2.24) is 0 Å². The van der Waals surface area contributed by atoms with Crippen LogP contribution < -0.4 is 0 Å². The zero-order valence-electron chi connectivity index (χ0n) is 19.3. The van der Waals surface area contributed by atoms with Gasteiger partial charge in [0.25, 0.3) is 0 Å². The molecule has 0 aromatic carbocycles. The summed E-state index contributed by atoms with van der Waals surface area (Å²) in [4.78, 5) is 0. The zero-order chi connectivity index (χ0) is 20.0. The van der Waals surface area contributed by atoms with Gasteiger partial charge in [0, 0.05) is 25.9 Å². The van der Waals surface area contributed by atoms with Crippen molar-refractivity contribution in [1.29, 1.82) is 0 Å². The lowest BCUT2D eigenvalue weighted by molar-refractivity contribution is 0.617. The van der Waals surface area contributed by atoms with Gasteiger partial charge in [-0.2, -0.15) is 0 Å². The van der Waals surface area contributed by atoms with Crippen LogP contribution in [0.15, 0.2) is 0 Å². The lowest BCUT2D eigenvalue weighted by Crippen LogP contribution is -2.36. The molecule has 159 valence electrons.